The first kappa shape index (κ1) is 13.5. The minimum atomic E-state index is -0.0268. The van der Waals surface area contributed by atoms with Crippen LogP contribution < -0.4 is 0 Å². The van der Waals surface area contributed by atoms with Gasteiger partial charge >= 0.3 is 0 Å². The van der Waals surface area contributed by atoms with Crippen LogP contribution >= 0.6 is 23.2 Å². The van der Waals surface area contributed by atoms with Crippen LogP contribution in [-0.4, -0.2) is 0 Å². The van der Waals surface area contributed by atoms with Crippen LogP contribution in [0.5, 0.6) is 0 Å². The Balaban J connectivity index is 2.22. The molecular weight excluding hydrogens is 263 g/mol. The molecule has 1 atom stereocenters. The average Bonchev–Trinajstić information content (AvgIpc) is 2.41. The lowest BCUT2D eigenvalue weighted by Gasteiger charge is -2.14. The SMILES string of the molecule is CCc1ccccc1C(Cl)Cc1ccccc1Cl. The molecule has 0 amide bonds. The second-order valence-corrected chi connectivity index (χ2v) is 5.25. The number of alkyl halides is 1. The zero-order chi connectivity index (χ0) is 13.0. The van der Waals surface area contributed by atoms with E-state index < -0.39 is 0 Å². The molecule has 0 radical (unpaired) electrons. The zero-order valence-electron chi connectivity index (χ0n) is 10.4. The third kappa shape index (κ3) is 3.07. The number of hydrogen-bond donors (Lipinski definition) is 0. The molecule has 2 heteroatoms. The van der Waals surface area contributed by atoms with E-state index in [4.69, 9.17) is 23.2 Å². The number of aryl methyl sites for hydroxylation is 1. The quantitative estimate of drug-likeness (QED) is 0.655. The van der Waals surface area contributed by atoms with Gasteiger partial charge in [-0.2, -0.15) is 0 Å². The van der Waals surface area contributed by atoms with Gasteiger partial charge in [0.1, 0.15) is 0 Å². The van der Waals surface area contributed by atoms with E-state index in [1.807, 2.05) is 30.3 Å². The van der Waals surface area contributed by atoms with Crippen LogP contribution in [0.1, 0.15) is 29.0 Å². The van der Waals surface area contributed by atoms with Crippen LogP contribution in [0.3, 0.4) is 0 Å². The maximum absolute atomic E-state index is 6.54. The van der Waals surface area contributed by atoms with Gasteiger partial charge in [0.15, 0.2) is 0 Å². The molecule has 2 aromatic rings. The van der Waals surface area contributed by atoms with Crippen molar-refractivity contribution in [2.75, 3.05) is 0 Å². The Morgan fingerprint density at radius 3 is 2.22 bits per heavy atom. The average molecular weight is 279 g/mol. The van der Waals surface area contributed by atoms with Crippen LogP contribution in [0.2, 0.25) is 5.02 Å². The predicted octanol–water partition coefficient (Wildman–Crippen LogP) is 5.43. The first-order chi connectivity index (χ1) is 8.72. The van der Waals surface area contributed by atoms with Crippen molar-refractivity contribution in [1.29, 1.82) is 0 Å². The summed E-state index contributed by atoms with van der Waals surface area (Å²) < 4.78 is 0. The lowest BCUT2D eigenvalue weighted by Crippen LogP contribution is -2.00. The second-order valence-electron chi connectivity index (χ2n) is 4.32. The van der Waals surface area contributed by atoms with Crippen molar-refractivity contribution >= 4 is 23.2 Å². The summed E-state index contributed by atoms with van der Waals surface area (Å²) in [5.74, 6) is 0. The number of hydrogen-bond acceptors (Lipinski definition) is 0. The summed E-state index contributed by atoms with van der Waals surface area (Å²) >= 11 is 12.7. The summed E-state index contributed by atoms with van der Waals surface area (Å²) in [7, 11) is 0. The fourth-order valence-electron chi connectivity index (χ4n) is 2.13. The molecule has 18 heavy (non-hydrogen) atoms. The van der Waals surface area contributed by atoms with E-state index in [-0.39, 0.29) is 5.38 Å². The van der Waals surface area contributed by atoms with Gasteiger partial charge in [-0.05, 0) is 35.6 Å². The van der Waals surface area contributed by atoms with E-state index >= 15 is 0 Å². The minimum Gasteiger partial charge on any atom is -0.117 e. The lowest BCUT2D eigenvalue weighted by molar-refractivity contribution is 0.896. The van der Waals surface area contributed by atoms with Gasteiger partial charge in [-0.3, -0.25) is 0 Å². The van der Waals surface area contributed by atoms with Gasteiger partial charge in [0.2, 0.25) is 0 Å². The summed E-state index contributed by atoms with van der Waals surface area (Å²) in [5.41, 5.74) is 3.62. The van der Waals surface area contributed by atoms with Crippen LogP contribution in [0.15, 0.2) is 48.5 Å². The third-order valence-electron chi connectivity index (χ3n) is 3.13. The van der Waals surface area contributed by atoms with Gasteiger partial charge in [-0.1, -0.05) is 61.0 Å². The summed E-state index contributed by atoms with van der Waals surface area (Å²) in [5, 5.41) is 0.762. The van der Waals surface area contributed by atoms with Crippen molar-refractivity contribution in [2.45, 2.75) is 25.1 Å². The fraction of sp³-hybridized carbons (Fsp3) is 0.250. The first-order valence-corrected chi connectivity index (χ1v) is 6.99. The van der Waals surface area contributed by atoms with Crippen LogP contribution in [0.25, 0.3) is 0 Å². The van der Waals surface area contributed by atoms with Gasteiger partial charge < -0.3 is 0 Å². The lowest BCUT2D eigenvalue weighted by atomic mass is 9.98. The first-order valence-electron chi connectivity index (χ1n) is 6.17. The second kappa shape index (κ2) is 6.26. The molecule has 0 aliphatic carbocycles. The summed E-state index contributed by atoms with van der Waals surface area (Å²) in [6.07, 6.45) is 1.76. The summed E-state index contributed by atoms with van der Waals surface area (Å²) in [4.78, 5) is 0. The molecule has 0 N–H and O–H groups in total. The largest absolute Gasteiger partial charge is 0.117 e. The molecule has 0 fully saturated rings. The Morgan fingerprint density at radius 2 is 1.56 bits per heavy atom. The van der Waals surface area contributed by atoms with E-state index in [1.165, 1.54) is 11.1 Å². The Hall–Kier alpha value is -0.980. The highest BCUT2D eigenvalue weighted by molar-refractivity contribution is 6.31. The Bertz CT molecular complexity index is 520. The molecule has 0 saturated heterocycles. The van der Waals surface area contributed by atoms with E-state index in [0.29, 0.717) is 0 Å². The van der Waals surface area contributed by atoms with Gasteiger partial charge in [-0.15, -0.1) is 11.6 Å². The maximum atomic E-state index is 6.54. The molecule has 1 unspecified atom stereocenters. The van der Waals surface area contributed by atoms with Crippen molar-refractivity contribution in [3.8, 4) is 0 Å². The number of benzene rings is 2. The topological polar surface area (TPSA) is 0 Å². The molecule has 0 aliphatic rings. The number of rotatable bonds is 4. The molecule has 0 spiro atoms. The highest BCUT2D eigenvalue weighted by Crippen LogP contribution is 2.30. The highest BCUT2D eigenvalue weighted by Gasteiger charge is 2.13. The van der Waals surface area contributed by atoms with Crippen molar-refractivity contribution in [2.24, 2.45) is 0 Å². The molecule has 0 aromatic heterocycles. The molecular formula is C16H16Cl2. The molecule has 0 nitrogen and oxygen atoms in total. The molecule has 0 bridgehead atoms. The Kier molecular flexibility index (Phi) is 4.68. The van der Waals surface area contributed by atoms with E-state index in [0.717, 1.165) is 23.4 Å². The Morgan fingerprint density at radius 1 is 0.944 bits per heavy atom. The minimum absolute atomic E-state index is 0.0268. The smallest absolute Gasteiger partial charge is 0.0628 e. The molecule has 94 valence electrons. The van der Waals surface area contributed by atoms with Crippen molar-refractivity contribution in [3.05, 3.63) is 70.2 Å². The maximum Gasteiger partial charge on any atom is 0.0628 e. The molecule has 0 heterocycles. The summed E-state index contributed by atoms with van der Waals surface area (Å²) in [6.45, 7) is 2.15. The van der Waals surface area contributed by atoms with Crippen molar-refractivity contribution in [3.63, 3.8) is 0 Å². The van der Waals surface area contributed by atoms with E-state index in [9.17, 15) is 0 Å². The molecule has 0 aliphatic heterocycles. The van der Waals surface area contributed by atoms with Gasteiger partial charge in [0, 0.05) is 5.02 Å². The highest BCUT2D eigenvalue weighted by atomic mass is 35.5. The number of halogens is 2. The Labute approximate surface area is 119 Å². The van der Waals surface area contributed by atoms with Crippen LogP contribution in [-0.2, 0) is 12.8 Å². The van der Waals surface area contributed by atoms with E-state index in [2.05, 4.69) is 25.1 Å². The molecule has 0 saturated carbocycles. The molecule has 2 rings (SSSR count). The standard InChI is InChI=1S/C16H16Cl2/c1-2-12-7-3-5-9-14(12)16(18)11-13-8-4-6-10-15(13)17/h3-10,16H,2,11H2,1H3. The summed E-state index contributed by atoms with van der Waals surface area (Å²) in [6, 6.07) is 16.2. The van der Waals surface area contributed by atoms with Gasteiger partial charge in [0.25, 0.3) is 0 Å². The van der Waals surface area contributed by atoms with E-state index in [1.54, 1.807) is 0 Å². The monoisotopic (exact) mass is 278 g/mol. The molecule has 2 aromatic carbocycles. The van der Waals surface area contributed by atoms with Crippen LogP contribution in [0, 0.1) is 0 Å². The zero-order valence-corrected chi connectivity index (χ0v) is 11.9. The van der Waals surface area contributed by atoms with Crippen LogP contribution in [0.4, 0.5) is 0 Å². The van der Waals surface area contributed by atoms with Crippen molar-refractivity contribution < 1.29 is 0 Å². The van der Waals surface area contributed by atoms with Crippen molar-refractivity contribution in [1.82, 2.24) is 0 Å². The van der Waals surface area contributed by atoms with Gasteiger partial charge in [-0.25, -0.2) is 0 Å². The van der Waals surface area contributed by atoms with Gasteiger partial charge in [0.05, 0.1) is 5.38 Å². The normalized spacial score (nSPS) is 12.4. The third-order valence-corrected chi connectivity index (χ3v) is 3.89. The predicted molar refractivity (Wildman–Crippen MR) is 79.6 cm³/mol. The fourth-order valence-corrected chi connectivity index (χ4v) is 2.72.